The van der Waals surface area contributed by atoms with Crippen LogP contribution in [0.5, 0.6) is 0 Å². The van der Waals surface area contributed by atoms with E-state index in [1.807, 2.05) is 39.0 Å². The lowest BCUT2D eigenvalue weighted by Crippen LogP contribution is -2.49. The Balaban J connectivity index is 2.16. The number of nitrogens with zero attached hydrogens (tertiary/aromatic N) is 1. The van der Waals surface area contributed by atoms with Gasteiger partial charge in [-0.05, 0) is 45.7 Å². The summed E-state index contributed by atoms with van der Waals surface area (Å²) in [5, 5.41) is 2.89. The number of carbonyl (C=O) groups excluding carboxylic acids is 2. The van der Waals surface area contributed by atoms with Crippen molar-refractivity contribution in [2.75, 3.05) is 5.32 Å². The van der Waals surface area contributed by atoms with Crippen LogP contribution in [0.4, 0.5) is 5.69 Å². The average molecular weight is 258 g/mol. The summed E-state index contributed by atoms with van der Waals surface area (Å²) in [6, 6.07) is 5.24. The highest BCUT2D eigenvalue weighted by Gasteiger charge is 2.47. The van der Waals surface area contributed by atoms with Crippen molar-refractivity contribution in [3.05, 3.63) is 29.3 Å². The quantitative estimate of drug-likeness (QED) is 0.776. The van der Waals surface area contributed by atoms with Crippen LogP contribution in [0.25, 0.3) is 0 Å². The monoisotopic (exact) mass is 258 g/mol. The summed E-state index contributed by atoms with van der Waals surface area (Å²) < 4.78 is 0. The van der Waals surface area contributed by atoms with E-state index in [1.54, 1.807) is 4.90 Å². The van der Waals surface area contributed by atoms with Gasteiger partial charge in [0.1, 0.15) is 6.04 Å². The van der Waals surface area contributed by atoms with E-state index in [2.05, 4.69) is 5.32 Å². The summed E-state index contributed by atoms with van der Waals surface area (Å²) in [5.41, 5.74) is 2.00. The van der Waals surface area contributed by atoms with Gasteiger partial charge in [-0.3, -0.25) is 9.59 Å². The number of rotatable bonds is 0. The lowest BCUT2D eigenvalue weighted by molar-refractivity contribution is -0.120. The molecule has 0 aromatic heterocycles. The zero-order valence-corrected chi connectivity index (χ0v) is 11.5. The molecule has 4 nitrogen and oxygen atoms in total. The van der Waals surface area contributed by atoms with Gasteiger partial charge in [0.05, 0.1) is 11.3 Å². The van der Waals surface area contributed by atoms with Crippen molar-refractivity contribution in [1.29, 1.82) is 0 Å². The van der Waals surface area contributed by atoms with Crippen LogP contribution in [-0.4, -0.2) is 28.3 Å². The minimum absolute atomic E-state index is 0.0375. The van der Waals surface area contributed by atoms with E-state index in [0.717, 1.165) is 18.4 Å². The van der Waals surface area contributed by atoms with Gasteiger partial charge in [-0.2, -0.15) is 0 Å². The molecule has 19 heavy (non-hydrogen) atoms. The second kappa shape index (κ2) is 3.83. The predicted octanol–water partition coefficient (Wildman–Crippen LogP) is 2.33. The molecule has 1 atom stereocenters. The number of amides is 2. The van der Waals surface area contributed by atoms with Crippen molar-refractivity contribution in [3.8, 4) is 0 Å². The molecular formula is C15H18N2O2. The molecule has 2 aliphatic rings. The molecule has 0 radical (unpaired) electrons. The van der Waals surface area contributed by atoms with Crippen molar-refractivity contribution in [1.82, 2.24) is 4.90 Å². The Kier molecular flexibility index (Phi) is 2.46. The fourth-order valence-corrected chi connectivity index (χ4v) is 3.12. The largest absolute Gasteiger partial charge is 0.324 e. The molecule has 1 saturated heterocycles. The average Bonchev–Trinajstić information content (AvgIpc) is 2.60. The zero-order valence-electron chi connectivity index (χ0n) is 11.5. The van der Waals surface area contributed by atoms with Gasteiger partial charge in [-0.15, -0.1) is 0 Å². The highest BCUT2D eigenvalue weighted by atomic mass is 16.2. The second-order valence-electron chi connectivity index (χ2n) is 6.08. The Labute approximate surface area is 112 Å². The molecule has 2 aliphatic heterocycles. The molecule has 1 N–H and O–H groups in total. The number of carbonyl (C=O) groups is 2. The molecule has 0 saturated carbocycles. The Bertz CT molecular complexity index is 578. The van der Waals surface area contributed by atoms with Crippen LogP contribution in [0.1, 0.15) is 42.6 Å². The third kappa shape index (κ3) is 1.74. The lowest BCUT2D eigenvalue weighted by atomic mass is 10.0. The van der Waals surface area contributed by atoms with Crippen LogP contribution in [0.2, 0.25) is 0 Å². The van der Waals surface area contributed by atoms with E-state index in [-0.39, 0.29) is 23.4 Å². The Morgan fingerprint density at radius 1 is 1.32 bits per heavy atom. The van der Waals surface area contributed by atoms with Crippen LogP contribution in [-0.2, 0) is 4.79 Å². The maximum absolute atomic E-state index is 12.8. The first-order valence-electron chi connectivity index (χ1n) is 6.65. The van der Waals surface area contributed by atoms with Crippen LogP contribution >= 0.6 is 0 Å². The van der Waals surface area contributed by atoms with Crippen molar-refractivity contribution >= 4 is 17.5 Å². The number of fused-ring (bicyclic) bond motifs is 2. The number of anilines is 1. The van der Waals surface area contributed by atoms with E-state index >= 15 is 0 Å². The minimum atomic E-state index is -0.338. The molecular weight excluding hydrogens is 240 g/mol. The van der Waals surface area contributed by atoms with Gasteiger partial charge in [0.15, 0.2) is 0 Å². The maximum atomic E-state index is 12.8. The van der Waals surface area contributed by atoms with Gasteiger partial charge in [0, 0.05) is 5.54 Å². The summed E-state index contributed by atoms with van der Waals surface area (Å²) in [4.78, 5) is 26.8. The molecule has 0 aliphatic carbocycles. The van der Waals surface area contributed by atoms with Gasteiger partial charge in [-0.25, -0.2) is 0 Å². The third-order valence-corrected chi connectivity index (χ3v) is 4.18. The molecule has 3 rings (SSSR count). The summed E-state index contributed by atoms with van der Waals surface area (Å²) in [7, 11) is 0. The molecule has 2 amide bonds. The topological polar surface area (TPSA) is 49.4 Å². The van der Waals surface area contributed by atoms with Crippen molar-refractivity contribution in [3.63, 3.8) is 0 Å². The molecule has 1 fully saturated rings. The minimum Gasteiger partial charge on any atom is -0.324 e. The standard InChI is InChI=1S/C15H18N2O2/c1-9-4-5-11-10(8-9)14(19)17-12(13(18)16-11)6-7-15(17,2)3/h4-5,8,12H,6-7H2,1-3H3,(H,16,18). The van der Waals surface area contributed by atoms with Crippen LogP contribution < -0.4 is 5.32 Å². The fraction of sp³-hybridized carbons (Fsp3) is 0.467. The molecule has 0 spiro atoms. The Hall–Kier alpha value is -1.84. The van der Waals surface area contributed by atoms with E-state index in [0.29, 0.717) is 11.3 Å². The number of aryl methyl sites for hydroxylation is 1. The molecule has 4 heteroatoms. The van der Waals surface area contributed by atoms with Crippen molar-refractivity contribution in [2.45, 2.75) is 45.2 Å². The third-order valence-electron chi connectivity index (χ3n) is 4.18. The van der Waals surface area contributed by atoms with E-state index < -0.39 is 0 Å². The highest BCUT2D eigenvalue weighted by molar-refractivity contribution is 6.10. The van der Waals surface area contributed by atoms with Gasteiger partial charge < -0.3 is 10.2 Å². The predicted molar refractivity (Wildman–Crippen MR) is 73.1 cm³/mol. The van der Waals surface area contributed by atoms with E-state index in [9.17, 15) is 9.59 Å². The van der Waals surface area contributed by atoms with Gasteiger partial charge in [0.2, 0.25) is 5.91 Å². The first kappa shape index (κ1) is 12.2. The summed E-state index contributed by atoms with van der Waals surface area (Å²) >= 11 is 0. The molecule has 100 valence electrons. The van der Waals surface area contributed by atoms with Gasteiger partial charge >= 0.3 is 0 Å². The van der Waals surface area contributed by atoms with Crippen LogP contribution in [0, 0.1) is 6.92 Å². The smallest absolute Gasteiger partial charge is 0.257 e. The van der Waals surface area contributed by atoms with Crippen molar-refractivity contribution < 1.29 is 9.59 Å². The summed E-state index contributed by atoms with van der Waals surface area (Å²) in [6.07, 6.45) is 1.59. The van der Waals surface area contributed by atoms with Crippen LogP contribution in [0.15, 0.2) is 18.2 Å². The normalized spacial score (nSPS) is 24.6. The molecule has 0 bridgehead atoms. The molecule has 2 heterocycles. The Morgan fingerprint density at radius 3 is 2.79 bits per heavy atom. The van der Waals surface area contributed by atoms with Gasteiger partial charge in [0.25, 0.3) is 5.91 Å². The molecule has 1 aromatic rings. The number of benzene rings is 1. The van der Waals surface area contributed by atoms with E-state index in [1.165, 1.54) is 0 Å². The Morgan fingerprint density at radius 2 is 2.05 bits per heavy atom. The maximum Gasteiger partial charge on any atom is 0.257 e. The van der Waals surface area contributed by atoms with Crippen molar-refractivity contribution in [2.24, 2.45) is 0 Å². The first-order valence-corrected chi connectivity index (χ1v) is 6.65. The summed E-state index contributed by atoms with van der Waals surface area (Å²) in [6.45, 7) is 6.00. The number of nitrogens with one attached hydrogen (secondary N) is 1. The number of hydrogen-bond acceptors (Lipinski definition) is 2. The first-order chi connectivity index (χ1) is 8.90. The second-order valence-corrected chi connectivity index (χ2v) is 6.08. The molecule has 1 unspecified atom stereocenters. The zero-order chi connectivity index (χ0) is 13.8. The SMILES string of the molecule is Cc1ccc2c(c1)C(=O)N1C(CCC1(C)C)C(=O)N2. The van der Waals surface area contributed by atoms with Crippen LogP contribution in [0.3, 0.4) is 0 Å². The fourth-order valence-electron chi connectivity index (χ4n) is 3.12. The van der Waals surface area contributed by atoms with E-state index in [4.69, 9.17) is 0 Å². The summed E-state index contributed by atoms with van der Waals surface area (Å²) in [5.74, 6) is -0.105. The number of hydrogen-bond donors (Lipinski definition) is 1. The highest BCUT2D eigenvalue weighted by Crippen LogP contribution is 2.38. The lowest BCUT2D eigenvalue weighted by Gasteiger charge is -2.33. The van der Waals surface area contributed by atoms with Gasteiger partial charge in [-0.1, -0.05) is 11.6 Å². The molecule has 1 aromatic carbocycles.